The normalized spacial score (nSPS) is 37.4. The van der Waals surface area contributed by atoms with Crippen molar-refractivity contribution in [1.29, 1.82) is 0 Å². The summed E-state index contributed by atoms with van der Waals surface area (Å²) in [6, 6.07) is 1.56. The first-order valence-corrected chi connectivity index (χ1v) is 9.30. The van der Waals surface area contributed by atoms with Gasteiger partial charge in [-0.1, -0.05) is 32.1 Å². The summed E-state index contributed by atoms with van der Waals surface area (Å²) >= 11 is 0. The Bertz CT molecular complexity index is 285. The molecule has 3 aliphatic rings. The van der Waals surface area contributed by atoms with Crippen LogP contribution in [-0.2, 0) is 0 Å². The van der Waals surface area contributed by atoms with Crippen LogP contribution in [-0.4, -0.2) is 36.6 Å². The molecule has 2 saturated carbocycles. The summed E-state index contributed by atoms with van der Waals surface area (Å²) in [6.07, 6.45) is 14.7. The van der Waals surface area contributed by atoms with Gasteiger partial charge >= 0.3 is 0 Å². The van der Waals surface area contributed by atoms with Crippen LogP contribution >= 0.6 is 0 Å². The van der Waals surface area contributed by atoms with E-state index in [1.165, 1.54) is 83.8 Å². The van der Waals surface area contributed by atoms with Crippen LogP contribution in [0.5, 0.6) is 0 Å². The van der Waals surface area contributed by atoms with E-state index in [-0.39, 0.29) is 0 Å². The van der Waals surface area contributed by atoms with E-state index in [9.17, 15) is 0 Å². The maximum Gasteiger partial charge on any atom is 0.0192 e. The third kappa shape index (κ3) is 3.76. The van der Waals surface area contributed by atoms with E-state index in [2.05, 4.69) is 17.1 Å². The van der Waals surface area contributed by atoms with Crippen LogP contribution in [0.15, 0.2) is 0 Å². The first-order valence-electron chi connectivity index (χ1n) is 9.30. The monoisotopic (exact) mass is 278 g/mol. The van der Waals surface area contributed by atoms with E-state index < -0.39 is 0 Å². The highest BCUT2D eigenvalue weighted by atomic mass is 15.2. The number of nitrogens with zero attached hydrogens (tertiary/aromatic N) is 1. The average molecular weight is 278 g/mol. The largest absolute Gasteiger partial charge is 0.312 e. The number of piperidine rings is 1. The van der Waals surface area contributed by atoms with Gasteiger partial charge in [-0.3, -0.25) is 4.90 Å². The van der Waals surface area contributed by atoms with Gasteiger partial charge < -0.3 is 5.32 Å². The van der Waals surface area contributed by atoms with Gasteiger partial charge in [0.15, 0.2) is 0 Å². The topological polar surface area (TPSA) is 15.3 Å². The number of hydrogen-bond donors (Lipinski definition) is 1. The minimum atomic E-state index is 0.736. The molecule has 1 heterocycles. The lowest BCUT2D eigenvalue weighted by molar-refractivity contribution is 0.130. The second-order valence-electron chi connectivity index (χ2n) is 7.67. The second kappa shape index (κ2) is 7.26. The molecule has 0 radical (unpaired) electrons. The second-order valence-corrected chi connectivity index (χ2v) is 7.67. The minimum absolute atomic E-state index is 0.736. The van der Waals surface area contributed by atoms with Gasteiger partial charge in [-0.05, 0) is 64.0 Å². The molecule has 4 unspecified atom stereocenters. The number of likely N-dealkylation sites (tertiary alicyclic amines) is 1. The number of hydrogen-bond acceptors (Lipinski definition) is 2. The predicted octanol–water partition coefficient (Wildman–Crippen LogP) is 3.81. The van der Waals surface area contributed by atoms with Gasteiger partial charge in [0.2, 0.25) is 0 Å². The molecule has 0 bridgehead atoms. The minimum Gasteiger partial charge on any atom is -0.312 e. The highest BCUT2D eigenvalue weighted by molar-refractivity contribution is 4.87. The maximum absolute atomic E-state index is 3.91. The summed E-state index contributed by atoms with van der Waals surface area (Å²) < 4.78 is 0. The molecule has 0 aromatic rings. The predicted molar refractivity (Wildman–Crippen MR) is 86.0 cm³/mol. The molecule has 4 atom stereocenters. The quantitative estimate of drug-likeness (QED) is 0.841. The summed E-state index contributed by atoms with van der Waals surface area (Å²) in [4.78, 5) is 2.70. The van der Waals surface area contributed by atoms with Crippen LogP contribution in [0, 0.1) is 11.8 Å². The van der Waals surface area contributed by atoms with Gasteiger partial charge in [-0.2, -0.15) is 0 Å². The standard InChI is InChI=1S/C18H34N2/c1-15(20-11-5-2-6-12-20)14-19-18-10-9-16-7-3-4-8-17(16)13-18/h15-19H,2-14H2,1H3. The molecule has 0 amide bonds. The van der Waals surface area contributed by atoms with Crippen molar-refractivity contribution >= 4 is 0 Å². The first-order chi connectivity index (χ1) is 9.83. The van der Waals surface area contributed by atoms with Crippen LogP contribution in [0.1, 0.15) is 71.1 Å². The Labute approximate surface area is 125 Å². The van der Waals surface area contributed by atoms with E-state index in [0.29, 0.717) is 0 Å². The van der Waals surface area contributed by atoms with Crippen LogP contribution in [0.25, 0.3) is 0 Å². The number of nitrogens with one attached hydrogen (secondary N) is 1. The lowest BCUT2D eigenvalue weighted by Gasteiger charge is -2.40. The maximum atomic E-state index is 3.91. The van der Waals surface area contributed by atoms with Crippen molar-refractivity contribution in [2.75, 3.05) is 19.6 Å². The molecular formula is C18H34N2. The summed E-state index contributed by atoms with van der Waals surface area (Å²) in [5.41, 5.74) is 0. The fraction of sp³-hybridized carbons (Fsp3) is 1.00. The Morgan fingerprint density at radius 1 is 0.900 bits per heavy atom. The molecular weight excluding hydrogens is 244 g/mol. The van der Waals surface area contributed by atoms with E-state index >= 15 is 0 Å². The Hall–Kier alpha value is -0.0800. The van der Waals surface area contributed by atoms with Gasteiger partial charge in [0.25, 0.3) is 0 Å². The summed E-state index contributed by atoms with van der Waals surface area (Å²) in [5, 5.41) is 3.91. The van der Waals surface area contributed by atoms with Crippen molar-refractivity contribution in [1.82, 2.24) is 10.2 Å². The Morgan fingerprint density at radius 2 is 1.65 bits per heavy atom. The third-order valence-electron chi connectivity index (χ3n) is 6.26. The number of fused-ring (bicyclic) bond motifs is 1. The van der Waals surface area contributed by atoms with Crippen LogP contribution in [0.2, 0.25) is 0 Å². The van der Waals surface area contributed by atoms with Gasteiger partial charge in [0.1, 0.15) is 0 Å². The van der Waals surface area contributed by atoms with Crippen molar-refractivity contribution in [2.24, 2.45) is 11.8 Å². The zero-order valence-electron chi connectivity index (χ0n) is 13.4. The fourth-order valence-corrected chi connectivity index (χ4v) is 4.88. The molecule has 2 aliphatic carbocycles. The zero-order valence-corrected chi connectivity index (χ0v) is 13.4. The molecule has 0 aromatic heterocycles. The molecule has 3 fully saturated rings. The molecule has 0 spiro atoms. The molecule has 1 saturated heterocycles. The van der Waals surface area contributed by atoms with E-state index in [1.807, 2.05) is 0 Å². The molecule has 2 heteroatoms. The van der Waals surface area contributed by atoms with Crippen molar-refractivity contribution in [3.8, 4) is 0 Å². The molecule has 116 valence electrons. The molecule has 3 rings (SSSR count). The highest BCUT2D eigenvalue weighted by Gasteiger charge is 2.32. The van der Waals surface area contributed by atoms with Gasteiger partial charge in [-0.15, -0.1) is 0 Å². The average Bonchev–Trinajstić information content (AvgIpc) is 2.53. The van der Waals surface area contributed by atoms with E-state index in [0.717, 1.165) is 23.9 Å². The van der Waals surface area contributed by atoms with Crippen molar-refractivity contribution in [3.63, 3.8) is 0 Å². The van der Waals surface area contributed by atoms with Gasteiger partial charge in [-0.25, -0.2) is 0 Å². The highest BCUT2D eigenvalue weighted by Crippen LogP contribution is 2.40. The van der Waals surface area contributed by atoms with Crippen molar-refractivity contribution in [2.45, 2.75) is 83.2 Å². The first kappa shape index (κ1) is 14.8. The van der Waals surface area contributed by atoms with Gasteiger partial charge in [0.05, 0.1) is 0 Å². The van der Waals surface area contributed by atoms with Crippen LogP contribution < -0.4 is 5.32 Å². The molecule has 1 N–H and O–H groups in total. The smallest absolute Gasteiger partial charge is 0.0192 e. The zero-order chi connectivity index (χ0) is 13.8. The van der Waals surface area contributed by atoms with Crippen LogP contribution in [0.4, 0.5) is 0 Å². The van der Waals surface area contributed by atoms with Crippen LogP contribution in [0.3, 0.4) is 0 Å². The molecule has 0 aromatic carbocycles. The fourth-order valence-electron chi connectivity index (χ4n) is 4.88. The van der Waals surface area contributed by atoms with E-state index in [1.54, 1.807) is 0 Å². The molecule has 1 aliphatic heterocycles. The molecule has 20 heavy (non-hydrogen) atoms. The SMILES string of the molecule is CC(CNC1CCC2CCCCC2C1)N1CCCCC1. The summed E-state index contributed by atoms with van der Waals surface area (Å²) in [7, 11) is 0. The van der Waals surface area contributed by atoms with Crippen molar-refractivity contribution in [3.05, 3.63) is 0 Å². The van der Waals surface area contributed by atoms with Gasteiger partial charge in [0, 0.05) is 18.6 Å². The Balaban J connectivity index is 1.39. The lowest BCUT2D eigenvalue weighted by Crippen LogP contribution is -2.47. The third-order valence-corrected chi connectivity index (χ3v) is 6.26. The molecule has 2 nitrogen and oxygen atoms in total. The summed E-state index contributed by atoms with van der Waals surface area (Å²) in [5.74, 6) is 2.14. The lowest BCUT2D eigenvalue weighted by atomic mass is 9.69. The van der Waals surface area contributed by atoms with E-state index in [4.69, 9.17) is 0 Å². The summed E-state index contributed by atoms with van der Waals surface area (Å²) in [6.45, 7) is 6.29. The number of rotatable bonds is 4. The Kier molecular flexibility index (Phi) is 5.39. The van der Waals surface area contributed by atoms with Crippen molar-refractivity contribution < 1.29 is 0 Å². The Morgan fingerprint density at radius 3 is 2.45 bits per heavy atom.